The fraction of sp³-hybridized carbons (Fsp3) is 0.294. The molecule has 0 atom stereocenters. The maximum Gasteiger partial charge on any atom is 0.167 e. The van der Waals surface area contributed by atoms with Gasteiger partial charge in [0.15, 0.2) is 11.5 Å². The molecule has 0 aliphatic heterocycles. The molecule has 2 rings (SSSR count). The van der Waals surface area contributed by atoms with E-state index in [-0.39, 0.29) is 6.61 Å². The maximum absolute atomic E-state index is 8.92. The van der Waals surface area contributed by atoms with Crippen LogP contribution in [0.15, 0.2) is 40.9 Å². The van der Waals surface area contributed by atoms with E-state index in [0.717, 1.165) is 15.6 Å². The minimum atomic E-state index is 0.0859. The van der Waals surface area contributed by atoms with E-state index in [0.29, 0.717) is 36.2 Å². The third kappa shape index (κ3) is 5.11. The van der Waals surface area contributed by atoms with Crippen molar-refractivity contribution in [1.29, 1.82) is 0 Å². The predicted molar refractivity (Wildman–Crippen MR) is 95.3 cm³/mol. The highest BCUT2D eigenvalue weighted by atomic mass is 79.9. The fourth-order valence-corrected chi connectivity index (χ4v) is 2.67. The number of halogens is 2. The Morgan fingerprint density at radius 2 is 1.91 bits per heavy atom. The van der Waals surface area contributed by atoms with Crippen LogP contribution in [0.25, 0.3) is 0 Å². The van der Waals surface area contributed by atoms with Crippen LogP contribution in [0.2, 0.25) is 5.02 Å². The lowest BCUT2D eigenvalue weighted by Gasteiger charge is -2.17. The Balaban J connectivity index is 2.19. The van der Waals surface area contributed by atoms with Gasteiger partial charge < -0.3 is 19.9 Å². The summed E-state index contributed by atoms with van der Waals surface area (Å²) >= 11 is 9.44. The quantitative estimate of drug-likeness (QED) is 0.662. The molecular weight excluding hydrogens is 382 g/mol. The molecular formula is C17H19BrClNO3. The van der Waals surface area contributed by atoms with Gasteiger partial charge in [0.2, 0.25) is 0 Å². The molecule has 4 nitrogen and oxygen atoms in total. The van der Waals surface area contributed by atoms with Gasteiger partial charge in [-0.1, -0.05) is 39.7 Å². The molecule has 0 radical (unpaired) electrons. The molecule has 2 N–H and O–H groups in total. The molecule has 0 saturated carbocycles. The standard InChI is InChI=1S/C17H19BrClNO3/c1-22-16-7-6-15(18)14(10-20-8-9-21)17(16)23-11-12-2-4-13(19)5-3-12/h2-7,20-21H,8-11H2,1H3. The van der Waals surface area contributed by atoms with Crippen molar-refractivity contribution < 1.29 is 14.6 Å². The lowest BCUT2D eigenvalue weighted by molar-refractivity contribution is 0.277. The summed E-state index contributed by atoms with van der Waals surface area (Å²) < 4.78 is 12.3. The van der Waals surface area contributed by atoms with Gasteiger partial charge in [-0.05, 0) is 29.8 Å². The van der Waals surface area contributed by atoms with Crippen molar-refractivity contribution >= 4 is 27.5 Å². The largest absolute Gasteiger partial charge is 0.493 e. The first-order chi connectivity index (χ1) is 11.2. The molecule has 0 aromatic heterocycles. The SMILES string of the molecule is COc1ccc(Br)c(CNCCO)c1OCc1ccc(Cl)cc1. The molecule has 2 aromatic carbocycles. The fourth-order valence-electron chi connectivity index (χ4n) is 2.09. The first-order valence-corrected chi connectivity index (χ1v) is 8.37. The van der Waals surface area contributed by atoms with Gasteiger partial charge in [0.1, 0.15) is 6.61 Å². The number of rotatable bonds is 8. The van der Waals surface area contributed by atoms with E-state index in [2.05, 4.69) is 21.2 Å². The number of methoxy groups -OCH3 is 1. The average molecular weight is 401 g/mol. The number of aliphatic hydroxyl groups is 1. The van der Waals surface area contributed by atoms with E-state index >= 15 is 0 Å². The Hall–Kier alpha value is -1.27. The third-order valence-corrected chi connectivity index (χ3v) is 4.27. The zero-order valence-corrected chi connectivity index (χ0v) is 15.2. The van der Waals surface area contributed by atoms with Crippen LogP contribution in [0.3, 0.4) is 0 Å². The van der Waals surface area contributed by atoms with Crippen LogP contribution in [-0.2, 0) is 13.2 Å². The zero-order valence-electron chi connectivity index (χ0n) is 12.8. The smallest absolute Gasteiger partial charge is 0.167 e. The van der Waals surface area contributed by atoms with Crippen LogP contribution in [0.1, 0.15) is 11.1 Å². The van der Waals surface area contributed by atoms with Crippen LogP contribution in [-0.4, -0.2) is 25.4 Å². The molecule has 0 aliphatic carbocycles. The van der Waals surface area contributed by atoms with Crippen LogP contribution >= 0.6 is 27.5 Å². The van der Waals surface area contributed by atoms with Gasteiger partial charge in [-0.15, -0.1) is 0 Å². The van der Waals surface area contributed by atoms with Crippen molar-refractivity contribution in [2.75, 3.05) is 20.3 Å². The van der Waals surface area contributed by atoms with Gasteiger partial charge in [0.25, 0.3) is 0 Å². The average Bonchev–Trinajstić information content (AvgIpc) is 2.56. The van der Waals surface area contributed by atoms with E-state index in [1.807, 2.05) is 36.4 Å². The van der Waals surface area contributed by atoms with E-state index in [9.17, 15) is 0 Å². The zero-order chi connectivity index (χ0) is 16.7. The van der Waals surface area contributed by atoms with E-state index < -0.39 is 0 Å². The van der Waals surface area contributed by atoms with E-state index in [1.54, 1.807) is 7.11 Å². The highest BCUT2D eigenvalue weighted by molar-refractivity contribution is 9.10. The van der Waals surface area contributed by atoms with Gasteiger partial charge in [-0.3, -0.25) is 0 Å². The molecule has 124 valence electrons. The monoisotopic (exact) mass is 399 g/mol. The van der Waals surface area contributed by atoms with Crippen molar-refractivity contribution in [3.63, 3.8) is 0 Å². The van der Waals surface area contributed by atoms with Crippen molar-refractivity contribution in [2.24, 2.45) is 0 Å². The highest BCUT2D eigenvalue weighted by Crippen LogP contribution is 2.36. The molecule has 0 bridgehead atoms. The molecule has 2 aromatic rings. The molecule has 0 heterocycles. The second kappa shape index (κ2) is 9.13. The molecule has 0 saturated heterocycles. The number of nitrogens with one attached hydrogen (secondary N) is 1. The highest BCUT2D eigenvalue weighted by Gasteiger charge is 2.14. The number of ether oxygens (including phenoxy) is 2. The summed E-state index contributed by atoms with van der Waals surface area (Å²) in [5, 5.41) is 12.8. The first-order valence-electron chi connectivity index (χ1n) is 7.20. The van der Waals surface area contributed by atoms with Crippen LogP contribution in [0.5, 0.6) is 11.5 Å². The van der Waals surface area contributed by atoms with Crippen molar-refractivity contribution in [2.45, 2.75) is 13.2 Å². The van der Waals surface area contributed by atoms with Gasteiger partial charge >= 0.3 is 0 Å². The van der Waals surface area contributed by atoms with Crippen molar-refractivity contribution in [3.05, 3.63) is 57.0 Å². The van der Waals surface area contributed by atoms with Crippen LogP contribution in [0.4, 0.5) is 0 Å². The van der Waals surface area contributed by atoms with Gasteiger partial charge in [-0.2, -0.15) is 0 Å². The lowest BCUT2D eigenvalue weighted by Crippen LogP contribution is -2.18. The summed E-state index contributed by atoms with van der Waals surface area (Å²) in [6.45, 7) is 1.58. The molecule has 0 unspecified atom stereocenters. The number of hydrogen-bond acceptors (Lipinski definition) is 4. The van der Waals surface area contributed by atoms with Gasteiger partial charge in [0.05, 0.1) is 13.7 Å². The third-order valence-electron chi connectivity index (χ3n) is 3.27. The summed E-state index contributed by atoms with van der Waals surface area (Å²) in [4.78, 5) is 0. The summed E-state index contributed by atoms with van der Waals surface area (Å²) in [5.41, 5.74) is 1.97. The number of aliphatic hydroxyl groups excluding tert-OH is 1. The molecule has 0 amide bonds. The second-order valence-electron chi connectivity index (χ2n) is 4.87. The van der Waals surface area contributed by atoms with Crippen LogP contribution in [0, 0.1) is 0 Å². The minimum Gasteiger partial charge on any atom is -0.493 e. The topological polar surface area (TPSA) is 50.7 Å². The number of benzene rings is 2. The minimum absolute atomic E-state index is 0.0859. The lowest BCUT2D eigenvalue weighted by atomic mass is 10.1. The normalized spacial score (nSPS) is 10.6. The molecule has 6 heteroatoms. The Morgan fingerprint density at radius 1 is 1.17 bits per heavy atom. The Kier molecular flexibility index (Phi) is 7.17. The molecule has 0 aliphatic rings. The van der Waals surface area contributed by atoms with E-state index in [1.165, 1.54) is 0 Å². The molecule has 0 spiro atoms. The number of hydrogen-bond donors (Lipinski definition) is 2. The van der Waals surface area contributed by atoms with E-state index in [4.69, 9.17) is 26.2 Å². The Bertz CT molecular complexity index is 634. The summed E-state index contributed by atoms with van der Waals surface area (Å²) in [5.74, 6) is 1.35. The van der Waals surface area contributed by atoms with Crippen molar-refractivity contribution in [3.8, 4) is 11.5 Å². The van der Waals surface area contributed by atoms with Crippen molar-refractivity contribution in [1.82, 2.24) is 5.32 Å². The first kappa shape index (κ1) is 18.1. The second-order valence-corrected chi connectivity index (χ2v) is 6.16. The maximum atomic E-state index is 8.92. The summed E-state index contributed by atoms with van der Waals surface area (Å²) in [6, 6.07) is 11.3. The summed E-state index contributed by atoms with van der Waals surface area (Å²) in [6.07, 6.45) is 0. The molecule has 23 heavy (non-hydrogen) atoms. The predicted octanol–water partition coefficient (Wildman–Crippen LogP) is 3.77. The van der Waals surface area contributed by atoms with Gasteiger partial charge in [-0.25, -0.2) is 0 Å². The Morgan fingerprint density at radius 3 is 2.57 bits per heavy atom. The summed E-state index contributed by atoms with van der Waals surface area (Å²) in [7, 11) is 1.61. The Labute approximate surface area is 149 Å². The van der Waals surface area contributed by atoms with Gasteiger partial charge in [0, 0.05) is 28.1 Å². The van der Waals surface area contributed by atoms with Crippen LogP contribution < -0.4 is 14.8 Å². The molecule has 0 fully saturated rings.